The summed E-state index contributed by atoms with van der Waals surface area (Å²) in [5.41, 5.74) is 0.531. The lowest BCUT2D eigenvalue weighted by molar-refractivity contribution is 0.543. The molecule has 1 unspecified atom stereocenters. The van der Waals surface area contributed by atoms with Crippen LogP contribution in [0.3, 0.4) is 0 Å². The fraction of sp³-hybridized carbons (Fsp3) is 0.600. The second-order valence-corrected chi connectivity index (χ2v) is 6.17. The molecule has 0 spiro atoms. The average molecular weight is 260 g/mol. The molecule has 1 aliphatic carbocycles. The SMILES string of the molecule is CC1(C)CC1NCc1sccc1Br. The van der Waals surface area contributed by atoms with Crippen molar-refractivity contribution < 1.29 is 0 Å². The molecule has 0 saturated heterocycles. The molecule has 1 N–H and O–H groups in total. The highest BCUT2D eigenvalue weighted by atomic mass is 79.9. The number of thiophene rings is 1. The number of hydrogen-bond acceptors (Lipinski definition) is 2. The van der Waals surface area contributed by atoms with Crippen LogP contribution in [0.4, 0.5) is 0 Å². The molecule has 0 aliphatic heterocycles. The van der Waals surface area contributed by atoms with Gasteiger partial charge in [-0.05, 0) is 39.2 Å². The molecular weight excluding hydrogens is 246 g/mol. The van der Waals surface area contributed by atoms with Crippen LogP contribution >= 0.6 is 27.3 Å². The van der Waals surface area contributed by atoms with Gasteiger partial charge in [-0.3, -0.25) is 0 Å². The summed E-state index contributed by atoms with van der Waals surface area (Å²) < 4.78 is 1.24. The highest BCUT2D eigenvalue weighted by molar-refractivity contribution is 9.10. The molecular formula is C10H14BrNS. The molecule has 1 atom stereocenters. The van der Waals surface area contributed by atoms with Crippen LogP contribution in [0.5, 0.6) is 0 Å². The maximum atomic E-state index is 3.57. The Labute approximate surface area is 91.7 Å². The zero-order valence-electron chi connectivity index (χ0n) is 7.93. The van der Waals surface area contributed by atoms with Crippen LogP contribution in [-0.4, -0.2) is 6.04 Å². The number of halogens is 1. The first-order valence-corrected chi connectivity index (χ1v) is 6.22. The van der Waals surface area contributed by atoms with Crippen LogP contribution in [0.1, 0.15) is 25.1 Å². The molecule has 72 valence electrons. The quantitative estimate of drug-likeness (QED) is 0.878. The lowest BCUT2D eigenvalue weighted by Crippen LogP contribution is -2.19. The van der Waals surface area contributed by atoms with Gasteiger partial charge < -0.3 is 5.32 Å². The van der Waals surface area contributed by atoms with Crippen LogP contribution in [0, 0.1) is 5.41 Å². The molecule has 1 saturated carbocycles. The van der Waals surface area contributed by atoms with Gasteiger partial charge in [-0.1, -0.05) is 13.8 Å². The van der Waals surface area contributed by atoms with Crippen molar-refractivity contribution in [1.29, 1.82) is 0 Å². The summed E-state index contributed by atoms with van der Waals surface area (Å²) in [4.78, 5) is 1.41. The predicted molar refractivity (Wildman–Crippen MR) is 61.0 cm³/mol. The maximum absolute atomic E-state index is 3.57. The van der Waals surface area contributed by atoms with Gasteiger partial charge in [-0.25, -0.2) is 0 Å². The lowest BCUT2D eigenvalue weighted by Gasteiger charge is -2.05. The van der Waals surface area contributed by atoms with Crippen molar-refractivity contribution in [2.75, 3.05) is 0 Å². The van der Waals surface area contributed by atoms with E-state index < -0.39 is 0 Å². The third-order valence-corrected chi connectivity index (χ3v) is 4.64. The van der Waals surface area contributed by atoms with Gasteiger partial charge in [0.1, 0.15) is 0 Å². The number of nitrogens with one attached hydrogen (secondary N) is 1. The Morgan fingerprint density at radius 2 is 2.38 bits per heavy atom. The average Bonchev–Trinajstić information content (AvgIpc) is 2.47. The number of rotatable bonds is 3. The van der Waals surface area contributed by atoms with Gasteiger partial charge in [0.15, 0.2) is 0 Å². The van der Waals surface area contributed by atoms with Gasteiger partial charge in [0.2, 0.25) is 0 Å². The van der Waals surface area contributed by atoms with E-state index in [4.69, 9.17) is 0 Å². The summed E-state index contributed by atoms with van der Waals surface area (Å²) >= 11 is 5.35. The maximum Gasteiger partial charge on any atom is 0.0327 e. The minimum Gasteiger partial charge on any atom is -0.309 e. The molecule has 1 heterocycles. The molecule has 2 rings (SSSR count). The summed E-state index contributed by atoms with van der Waals surface area (Å²) in [5.74, 6) is 0. The van der Waals surface area contributed by atoms with Crippen LogP contribution in [0.25, 0.3) is 0 Å². The third-order valence-electron chi connectivity index (χ3n) is 2.71. The van der Waals surface area contributed by atoms with Gasteiger partial charge in [-0.2, -0.15) is 0 Å². The molecule has 0 aromatic carbocycles. The fourth-order valence-electron chi connectivity index (χ4n) is 1.48. The zero-order valence-corrected chi connectivity index (χ0v) is 10.3. The van der Waals surface area contributed by atoms with Gasteiger partial charge in [0.25, 0.3) is 0 Å². The van der Waals surface area contributed by atoms with Crippen molar-refractivity contribution in [1.82, 2.24) is 5.32 Å². The van der Waals surface area contributed by atoms with E-state index in [0.29, 0.717) is 5.41 Å². The molecule has 1 aliphatic rings. The van der Waals surface area contributed by atoms with E-state index in [1.165, 1.54) is 15.8 Å². The summed E-state index contributed by atoms with van der Waals surface area (Å²) in [7, 11) is 0. The van der Waals surface area contributed by atoms with Gasteiger partial charge in [-0.15, -0.1) is 11.3 Å². The Bertz CT molecular complexity index is 306. The third kappa shape index (κ3) is 2.14. The Morgan fingerprint density at radius 1 is 1.69 bits per heavy atom. The molecule has 0 amide bonds. The first kappa shape index (κ1) is 9.69. The minimum atomic E-state index is 0.531. The van der Waals surface area contributed by atoms with Crippen molar-refractivity contribution in [3.05, 3.63) is 20.8 Å². The van der Waals surface area contributed by atoms with Crippen molar-refractivity contribution in [2.45, 2.75) is 32.9 Å². The van der Waals surface area contributed by atoms with E-state index in [0.717, 1.165) is 12.6 Å². The first-order chi connectivity index (χ1) is 6.09. The fourth-order valence-corrected chi connectivity index (χ4v) is 2.93. The van der Waals surface area contributed by atoms with E-state index in [1.54, 1.807) is 0 Å². The Balaban J connectivity index is 1.85. The summed E-state index contributed by atoms with van der Waals surface area (Å²) in [6.45, 7) is 5.63. The second kappa shape index (κ2) is 3.37. The van der Waals surface area contributed by atoms with Crippen LogP contribution in [0.15, 0.2) is 15.9 Å². The van der Waals surface area contributed by atoms with E-state index in [-0.39, 0.29) is 0 Å². The van der Waals surface area contributed by atoms with Crippen molar-refractivity contribution in [3.63, 3.8) is 0 Å². The van der Waals surface area contributed by atoms with Gasteiger partial charge in [0, 0.05) is 21.9 Å². The Hall–Kier alpha value is 0.140. The van der Waals surface area contributed by atoms with E-state index in [1.807, 2.05) is 11.3 Å². The monoisotopic (exact) mass is 259 g/mol. The molecule has 13 heavy (non-hydrogen) atoms. The first-order valence-electron chi connectivity index (χ1n) is 4.55. The normalized spacial score (nSPS) is 24.7. The van der Waals surface area contributed by atoms with E-state index in [2.05, 4.69) is 46.5 Å². The van der Waals surface area contributed by atoms with Crippen molar-refractivity contribution in [3.8, 4) is 0 Å². The lowest BCUT2D eigenvalue weighted by atomic mass is 10.2. The largest absolute Gasteiger partial charge is 0.309 e. The summed E-state index contributed by atoms with van der Waals surface area (Å²) in [5, 5.41) is 5.69. The Kier molecular flexibility index (Phi) is 2.51. The van der Waals surface area contributed by atoms with Crippen molar-refractivity contribution in [2.24, 2.45) is 5.41 Å². The summed E-state index contributed by atoms with van der Waals surface area (Å²) in [6, 6.07) is 2.83. The minimum absolute atomic E-state index is 0.531. The molecule has 1 nitrogen and oxygen atoms in total. The molecule has 1 fully saturated rings. The molecule has 0 bridgehead atoms. The van der Waals surface area contributed by atoms with Crippen LogP contribution in [-0.2, 0) is 6.54 Å². The smallest absolute Gasteiger partial charge is 0.0327 e. The van der Waals surface area contributed by atoms with Gasteiger partial charge >= 0.3 is 0 Å². The van der Waals surface area contributed by atoms with Crippen LogP contribution in [0.2, 0.25) is 0 Å². The van der Waals surface area contributed by atoms with E-state index >= 15 is 0 Å². The summed E-state index contributed by atoms with van der Waals surface area (Å²) in [6.07, 6.45) is 1.32. The van der Waals surface area contributed by atoms with Gasteiger partial charge in [0.05, 0.1) is 0 Å². The highest BCUT2D eigenvalue weighted by Gasteiger charge is 2.45. The molecule has 1 aromatic rings. The van der Waals surface area contributed by atoms with E-state index in [9.17, 15) is 0 Å². The molecule has 0 radical (unpaired) electrons. The zero-order chi connectivity index (χ0) is 9.47. The van der Waals surface area contributed by atoms with Crippen molar-refractivity contribution >= 4 is 27.3 Å². The standard InChI is InChI=1S/C10H14BrNS/c1-10(2)5-9(10)12-6-8-7(11)3-4-13-8/h3-4,9,12H,5-6H2,1-2H3. The highest BCUT2D eigenvalue weighted by Crippen LogP contribution is 2.44. The topological polar surface area (TPSA) is 12.0 Å². The molecule has 3 heteroatoms. The molecule has 1 aromatic heterocycles. The predicted octanol–water partition coefficient (Wildman–Crippen LogP) is 3.40. The number of hydrogen-bond donors (Lipinski definition) is 1. The Morgan fingerprint density at radius 3 is 2.85 bits per heavy atom. The van der Waals surface area contributed by atoms with Crippen LogP contribution < -0.4 is 5.32 Å². The second-order valence-electron chi connectivity index (χ2n) is 4.32.